The monoisotopic (exact) mass is 228 g/mol. The van der Waals surface area contributed by atoms with Crippen molar-refractivity contribution in [3.05, 3.63) is 0 Å². The van der Waals surface area contributed by atoms with Crippen LogP contribution in [0.4, 0.5) is 0 Å². The van der Waals surface area contributed by atoms with Crippen LogP contribution in [0.1, 0.15) is 54.4 Å². The van der Waals surface area contributed by atoms with Crippen molar-refractivity contribution in [2.75, 3.05) is 7.05 Å². The topological polar surface area (TPSA) is 46.3 Å². The van der Waals surface area contributed by atoms with Crippen molar-refractivity contribution in [1.29, 1.82) is 0 Å². The van der Waals surface area contributed by atoms with Gasteiger partial charge in [0.25, 0.3) is 0 Å². The second-order valence-corrected chi connectivity index (χ2v) is 5.73. The molecule has 0 saturated carbocycles. The van der Waals surface area contributed by atoms with E-state index in [9.17, 15) is 4.79 Å². The van der Waals surface area contributed by atoms with Crippen LogP contribution in [0.3, 0.4) is 0 Å². The van der Waals surface area contributed by atoms with Crippen LogP contribution in [0.2, 0.25) is 0 Å². The lowest BCUT2D eigenvalue weighted by atomic mass is 9.74. The summed E-state index contributed by atoms with van der Waals surface area (Å²) in [7, 11) is 1.88. The van der Waals surface area contributed by atoms with Gasteiger partial charge in [-0.25, -0.2) is 0 Å². The molecule has 16 heavy (non-hydrogen) atoms. The molecule has 0 radical (unpaired) electrons. The maximum Gasteiger partial charge on any atom is 0.230 e. The van der Waals surface area contributed by atoms with Gasteiger partial charge >= 0.3 is 0 Å². The first kappa shape index (κ1) is 15.4. The molecule has 0 aromatic heterocycles. The minimum absolute atomic E-state index is 0.133. The van der Waals surface area contributed by atoms with Gasteiger partial charge in [-0.3, -0.25) is 4.79 Å². The van der Waals surface area contributed by atoms with Crippen molar-refractivity contribution < 1.29 is 4.79 Å². The van der Waals surface area contributed by atoms with Crippen LogP contribution in [0.15, 0.2) is 0 Å². The Kier molecular flexibility index (Phi) is 4.99. The maximum atomic E-state index is 12.4. The van der Waals surface area contributed by atoms with E-state index in [1.807, 2.05) is 39.6 Å². The maximum absolute atomic E-state index is 12.4. The normalized spacial score (nSPS) is 13.1. The van der Waals surface area contributed by atoms with Crippen LogP contribution in [0.5, 0.6) is 0 Å². The molecule has 0 fully saturated rings. The number of amides is 1. The van der Waals surface area contributed by atoms with E-state index < -0.39 is 11.0 Å². The summed E-state index contributed by atoms with van der Waals surface area (Å²) in [6.45, 7) is 11.9. The van der Waals surface area contributed by atoms with E-state index in [0.717, 1.165) is 12.8 Å². The van der Waals surface area contributed by atoms with E-state index in [-0.39, 0.29) is 5.91 Å². The molecule has 0 saturated heterocycles. The molecule has 0 aliphatic carbocycles. The predicted molar refractivity (Wildman–Crippen MR) is 69.2 cm³/mol. The van der Waals surface area contributed by atoms with Crippen LogP contribution in [-0.4, -0.2) is 29.4 Å². The molecule has 0 aromatic carbocycles. The zero-order chi connectivity index (χ0) is 13.1. The lowest BCUT2D eigenvalue weighted by Gasteiger charge is -2.41. The largest absolute Gasteiger partial charge is 0.342 e. The van der Waals surface area contributed by atoms with Gasteiger partial charge in [0.05, 0.1) is 5.41 Å². The molecule has 0 rings (SSSR count). The summed E-state index contributed by atoms with van der Waals surface area (Å²) < 4.78 is 0. The fourth-order valence-corrected chi connectivity index (χ4v) is 1.72. The van der Waals surface area contributed by atoms with Gasteiger partial charge in [-0.1, -0.05) is 13.8 Å². The summed E-state index contributed by atoms with van der Waals surface area (Å²) in [4.78, 5) is 14.3. The molecule has 0 atom stereocenters. The van der Waals surface area contributed by atoms with Crippen LogP contribution in [-0.2, 0) is 4.79 Å². The summed E-state index contributed by atoms with van der Waals surface area (Å²) in [6.07, 6.45) is 1.97. The number of carbonyl (C=O) groups is 1. The first-order chi connectivity index (χ1) is 7.09. The van der Waals surface area contributed by atoms with Gasteiger partial charge in [0, 0.05) is 18.6 Å². The molecular formula is C13H28N2O. The smallest absolute Gasteiger partial charge is 0.230 e. The SMILES string of the molecule is CCC(CC)N(C)C(=O)C(C)(C)C(C)(C)N. The third-order valence-electron chi connectivity index (χ3n) is 3.96. The molecule has 0 aromatic rings. The number of carbonyl (C=O) groups excluding carboxylic acids is 1. The highest BCUT2D eigenvalue weighted by Crippen LogP contribution is 2.31. The van der Waals surface area contributed by atoms with Gasteiger partial charge in [-0.05, 0) is 40.5 Å². The zero-order valence-electron chi connectivity index (χ0n) is 11.9. The van der Waals surface area contributed by atoms with E-state index in [4.69, 9.17) is 5.73 Å². The van der Waals surface area contributed by atoms with Crippen LogP contribution >= 0.6 is 0 Å². The Morgan fingerprint density at radius 3 is 1.81 bits per heavy atom. The number of rotatable bonds is 5. The second kappa shape index (κ2) is 5.17. The predicted octanol–water partition coefficient (Wildman–Crippen LogP) is 2.40. The zero-order valence-corrected chi connectivity index (χ0v) is 11.9. The van der Waals surface area contributed by atoms with Crippen LogP contribution in [0.25, 0.3) is 0 Å². The molecule has 0 bridgehead atoms. The number of nitrogens with zero attached hydrogens (tertiary/aromatic N) is 1. The summed E-state index contributed by atoms with van der Waals surface area (Å²) >= 11 is 0. The van der Waals surface area contributed by atoms with Crippen molar-refractivity contribution in [1.82, 2.24) is 4.90 Å². The van der Waals surface area contributed by atoms with E-state index in [1.54, 1.807) is 0 Å². The Morgan fingerprint density at radius 1 is 1.19 bits per heavy atom. The van der Waals surface area contributed by atoms with Gasteiger partial charge in [0.1, 0.15) is 0 Å². The van der Waals surface area contributed by atoms with Crippen molar-refractivity contribution in [3.8, 4) is 0 Å². The second-order valence-electron chi connectivity index (χ2n) is 5.73. The summed E-state index contributed by atoms with van der Waals surface area (Å²) in [5.74, 6) is 0.133. The van der Waals surface area contributed by atoms with Crippen molar-refractivity contribution >= 4 is 5.91 Å². The highest BCUT2D eigenvalue weighted by atomic mass is 16.2. The lowest BCUT2D eigenvalue weighted by molar-refractivity contribution is -0.144. The molecule has 3 heteroatoms. The first-order valence-corrected chi connectivity index (χ1v) is 6.15. The molecule has 0 aliphatic heterocycles. The first-order valence-electron chi connectivity index (χ1n) is 6.15. The van der Waals surface area contributed by atoms with Crippen molar-refractivity contribution in [3.63, 3.8) is 0 Å². The Hall–Kier alpha value is -0.570. The van der Waals surface area contributed by atoms with E-state index in [2.05, 4.69) is 13.8 Å². The fourth-order valence-electron chi connectivity index (χ4n) is 1.72. The van der Waals surface area contributed by atoms with Crippen molar-refractivity contribution in [2.24, 2.45) is 11.1 Å². The van der Waals surface area contributed by atoms with E-state index >= 15 is 0 Å². The number of hydrogen-bond donors (Lipinski definition) is 1. The molecule has 0 spiro atoms. The lowest BCUT2D eigenvalue weighted by Crippen LogP contribution is -2.57. The average molecular weight is 228 g/mol. The Morgan fingerprint density at radius 2 is 1.56 bits per heavy atom. The van der Waals surface area contributed by atoms with Gasteiger partial charge in [0.15, 0.2) is 0 Å². The molecule has 0 unspecified atom stereocenters. The highest BCUT2D eigenvalue weighted by molar-refractivity contribution is 5.83. The molecule has 1 amide bonds. The molecule has 2 N–H and O–H groups in total. The number of nitrogens with two attached hydrogens (primary N) is 1. The summed E-state index contributed by atoms with van der Waals surface area (Å²) in [5.41, 5.74) is 5.04. The van der Waals surface area contributed by atoms with Gasteiger partial charge < -0.3 is 10.6 Å². The van der Waals surface area contributed by atoms with Gasteiger partial charge in [0.2, 0.25) is 5.91 Å². The van der Waals surface area contributed by atoms with Crippen LogP contribution < -0.4 is 5.73 Å². The van der Waals surface area contributed by atoms with E-state index in [0.29, 0.717) is 6.04 Å². The molecule has 0 aliphatic rings. The average Bonchev–Trinajstić information content (AvgIpc) is 2.16. The van der Waals surface area contributed by atoms with Gasteiger partial charge in [-0.15, -0.1) is 0 Å². The van der Waals surface area contributed by atoms with Crippen molar-refractivity contribution in [2.45, 2.75) is 66.0 Å². The highest BCUT2D eigenvalue weighted by Gasteiger charge is 2.42. The molecular weight excluding hydrogens is 200 g/mol. The molecule has 0 heterocycles. The van der Waals surface area contributed by atoms with E-state index in [1.165, 1.54) is 0 Å². The Labute approximate surface area is 100 Å². The Balaban J connectivity index is 4.93. The number of hydrogen-bond acceptors (Lipinski definition) is 2. The standard InChI is InChI=1S/C13H28N2O/c1-8-10(9-2)15(7)11(16)12(3,4)13(5,6)14/h10H,8-9,14H2,1-7H3. The van der Waals surface area contributed by atoms with Crippen LogP contribution in [0, 0.1) is 5.41 Å². The molecule has 96 valence electrons. The fraction of sp³-hybridized carbons (Fsp3) is 0.923. The third-order valence-corrected chi connectivity index (χ3v) is 3.96. The minimum atomic E-state index is -0.537. The Bertz CT molecular complexity index is 237. The quantitative estimate of drug-likeness (QED) is 0.785. The minimum Gasteiger partial charge on any atom is -0.342 e. The van der Waals surface area contributed by atoms with Gasteiger partial charge in [-0.2, -0.15) is 0 Å². The third kappa shape index (κ3) is 2.97. The summed E-state index contributed by atoms with van der Waals surface area (Å²) in [6, 6.07) is 0.314. The molecule has 3 nitrogen and oxygen atoms in total. The summed E-state index contributed by atoms with van der Waals surface area (Å²) in [5, 5.41) is 0.